The van der Waals surface area contributed by atoms with Crippen molar-refractivity contribution in [1.29, 1.82) is 0 Å². The van der Waals surface area contributed by atoms with Crippen LogP contribution in [0.15, 0.2) is 12.3 Å². The molecule has 2 aromatic rings. The minimum Gasteiger partial charge on any atom is -0.478 e. The van der Waals surface area contributed by atoms with E-state index < -0.39 is 18.6 Å². The van der Waals surface area contributed by atoms with Gasteiger partial charge >= 0.3 is 0 Å². The Kier molecular flexibility index (Phi) is 3.59. The molecule has 1 aromatic carbocycles. The van der Waals surface area contributed by atoms with E-state index in [1.54, 1.807) is 17.2 Å². The van der Waals surface area contributed by atoms with Crippen LogP contribution in [0.3, 0.4) is 0 Å². The fourth-order valence-electron chi connectivity index (χ4n) is 3.77. The normalized spacial score (nSPS) is 21.2. The van der Waals surface area contributed by atoms with Crippen LogP contribution in [0.4, 0.5) is 0 Å². The lowest BCUT2D eigenvalue weighted by molar-refractivity contribution is -0.136. The first kappa shape index (κ1) is 16.1. The Hall–Kier alpha value is -2.38. The highest BCUT2D eigenvalue weighted by molar-refractivity contribution is 6.33. The molecule has 8 heteroatoms. The van der Waals surface area contributed by atoms with Gasteiger partial charge in [-0.1, -0.05) is 11.6 Å². The number of rotatable bonds is 2. The summed E-state index contributed by atoms with van der Waals surface area (Å²) >= 11 is 6.29. The van der Waals surface area contributed by atoms with Crippen LogP contribution >= 0.6 is 11.6 Å². The van der Waals surface area contributed by atoms with Crippen LogP contribution in [0, 0.1) is 0 Å². The molecular weight excluding hydrogens is 346 g/mol. The van der Waals surface area contributed by atoms with E-state index in [9.17, 15) is 14.7 Å². The third-order valence-corrected chi connectivity index (χ3v) is 5.22. The number of amides is 2. The van der Waals surface area contributed by atoms with Gasteiger partial charge in [0, 0.05) is 30.1 Å². The summed E-state index contributed by atoms with van der Waals surface area (Å²) in [6, 6.07) is 1.47. The maximum Gasteiger partial charge on any atom is 0.258 e. The lowest BCUT2D eigenvalue weighted by atomic mass is 9.95. The molecule has 0 spiro atoms. The average molecular weight is 362 g/mol. The number of primary amides is 1. The molecule has 0 fully saturated rings. The summed E-state index contributed by atoms with van der Waals surface area (Å²) in [5, 5.41) is 10.4. The zero-order chi connectivity index (χ0) is 17.9. The van der Waals surface area contributed by atoms with Crippen LogP contribution in [0.2, 0.25) is 5.02 Å². The molecule has 1 unspecified atom stereocenters. The average Bonchev–Trinajstić information content (AvgIpc) is 3.17. The first-order chi connectivity index (χ1) is 11.9. The highest BCUT2D eigenvalue weighted by Gasteiger charge is 2.37. The van der Waals surface area contributed by atoms with Gasteiger partial charge in [0.2, 0.25) is 5.91 Å². The van der Waals surface area contributed by atoms with Crippen molar-refractivity contribution < 1.29 is 19.4 Å². The van der Waals surface area contributed by atoms with Gasteiger partial charge in [0.15, 0.2) is 6.10 Å². The van der Waals surface area contributed by atoms with Crippen molar-refractivity contribution in [3.63, 3.8) is 0 Å². The number of ether oxygens (including phenoxy) is 1. The molecule has 2 amide bonds. The number of aliphatic hydroxyl groups excluding tert-OH is 1. The van der Waals surface area contributed by atoms with Crippen LogP contribution < -0.4 is 10.5 Å². The van der Waals surface area contributed by atoms with Crippen molar-refractivity contribution >= 4 is 34.3 Å². The van der Waals surface area contributed by atoms with Gasteiger partial charge in [-0.05, 0) is 24.1 Å². The monoisotopic (exact) mass is 361 g/mol. The van der Waals surface area contributed by atoms with Gasteiger partial charge in [-0.3, -0.25) is 14.6 Å². The van der Waals surface area contributed by atoms with E-state index in [-0.39, 0.29) is 11.9 Å². The maximum absolute atomic E-state index is 12.0. The third-order valence-electron chi connectivity index (χ3n) is 4.94. The molecular formula is C17H16ClN3O4. The highest BCUT2D eigenvalue weighted by Crippen LogP contribution is 2.46. The van der Waals surface area contributed by atoms with E-state index in [4.69, 9.17) is 22.1 Å². The van der Waals surface area contributed by atoms with Crippen LogP contribution in [-0.2, 0) is 22.6 Å². The molecule has 1 aromatic heterocycles. The second kappa shape index (κ2) is 5.57. The summed E-state index contributed by atoms with van der Waals surface area (Å²) in [7, 11) is 0. The number of benzene rings is 1. The largest absolute Gasteiger partial charge is 0.478 e. The maximum atomic E-state index is 12.0. The first-order valence-electron chi connectivity index (χ1n) is 7.91. The molecule has 3 heterocycles. The Bertz CT molecular complexity index is 930. The molecule has 4 rings (SSSR count). The number of nitrogens with zero attached hydrogens (tertiary/aromatic N) is 2. The van der Waals surface area contributed by atoms with E-state index in [0.29, 0.717) is 29.3 Å². The van der Waals surface area contributed by atoms with Gasteiger partial charge in [0.25, 0.3) is 5.91 Å². The molecule has 130 valence electrons. The van der Waals surface area contributed by atoms with Crippen LogP contribution in [0.25, 0.3) is 10.9 Å². The number of pyridine rings is 1. The standard InChI is InChI=1S/C17H16ClN3O4/c1-7-14-8(5-21(7)13(23)6-22)4-20-11-3-10(18)16-9(15(11)14)2-12(25-16)17(19)24/h3-4,7,12,22H,2,5-6H2,1H3,(H2,19,24)/t7-,12?/m0/s1. The molecule has 0 radical (unpaired) electrons. The summed E-state index contributed by atoms with van der Waals surface area (Å²) in [5.41, 5.74) is 8.73. The fraction of sp³-hybridized carbons (Fsp3) is 0.353. The number of hydrogen-bond acceptors (Lipinski definition) is 5. The summed E-state index contributed by atoms with van der Waals surface area (Å²) in [5.74, 6) is -0.438. The Morgan fingerprint density at radius 1 is 1.52 bits per heavy atom. The lowest BCUT2D eigenvalue weighted by Crippen LogP contribution is -2.32. The Labute approximate surface area is 148 Å². The van der Waals surface area contributed by atoms with Crippen LogP contribution in [-0.4, -0.2) is 39.5 Å². The Morgan fingerprint density at radius 2 is 2.28 bits per heavy atom. The molecule has 0 aliphatic carbocycles. The molecule has 25 heavy (non-hydrogen) atoms. The van der Waals surface area contributed by atoms with Gasteiger partial charge in [0.05, 0.1) is 16.6 Å². The summed E-state index contributed by atoms with van der Waals surface area (Å²) in [6.07, 6.45) is 1.28. The SMILES string of the molecule is C[C@H]1c2c(cnc3cc(Cl)c4c(c23)CC(C(N)=O)O4)CN1C(=O)CO. The van der Waals surface area contributed by atoms with E-state index in [0.717, 1.165) is 22.1 Å². The zero-order valence-electron chi connectivity index (χ0n) is 13.5. The second-order valence-electron chi connectivity index (χ2n) is 6.33. The number of fused-ring (bicyclic) bond motifs is 5. The van der Waals surface area contributed by atoms with Gasteiger partial charge in [-0.25, -0.2) is 0 Å². The zero-order valence-corrected chi connectivity index (χ0v) is 14.2. The van der Waals surface area contributed by atoms with Crippen molar-refractivity contribution in [1.82, 2.24) is 9.88 Å². The Morgan fingerprint density at radius 3 is 2.96 bits per heavy atom. The minimum absolute atomic E-state index is 0.224. The third kappa shape index (κ3) is 2.26. The predicted molar refractivity (Wildman–Crippen MR) is 90.1 cm³/mol. The minimum atomic E-state index is -0.763. The number of aliphatic hydroxyl groups is 1. The second-order valence-corrected chi connectivity index (χ2v) is 6.73. The topological polar surface area (TPSA) is 106 Å². The molecule has 0 saturated carbocycles. The van der Waals surface area contributed by atoms with Gasteiger partial charge in [0.1, 0.15) is 12.4 Å². The molecule has 2 aliphatic rings. The molecule has 0 saturated heterocycles. The molecule has 0 bridgehead atoms. The first-order valence-corrected chi connectivity index (χ1v) is 8.29. The van der Waals surface area contributed by atoms with E-state index >= 15 is 0 Å². The van der Waals surface area contributed by atoms with Crippen molar-refractivity contribution in [2.24, 2.45) is 5.73 Å². The number of aromatic nitrogens is 1. The number of carbonyl (C=O) groups excluding carboxylic acids is 2. The number of hydrogen-bond donors (Lipinski definition) is 2. The molecule has 7 nitrogen and oxygen atoms in total. The van der Waals surface area contributed by atoms with Crippen LogP contribution in [0.1, 0.15) is 29.7 Å². The smallest absolute Gasteiger partial charge is 0.258 e. The quantitative estimate of drug-likeness (QED) is 0.832. The summed E-state index contributed by atoms with van der Waals surface area (Å²) < 4.78 is 5.64. The highest BCUT2D eigenvalue weighted by atomic mass is 35.5. The van der Waals surface area contributed by atoms with Crippen molar-refractivity contribution in [2.45, 2.75) is 32.0 Å². The lowest BCUT2D eigenvalue weighted by Gasteiger charge is -2.21. The van der Waals surface area contributed by atoms with Gasteiger partial charge < -0.3 is 20.5 Å². The Balaban J connectivity index is 1.93. The molecule has 2 aliphatic heterocycles. The number of halogens is 1. The van der Waals surface area contributed by atoms with E-state index in [1.165, 1.54) is 0 Å². The van der Waals surface area contributed by atoms with E-state index in [2.05, 4.69) is 4.98 Å². The van der Waals surface area contributed by atoms with Gasteiger partial charge in [-0.15, -0.1) is 0 Å². The fourth-order valence-corrected chi connectivity index (χ4v) is 4.04. The number of nitrogens with two attached hydrogens (primary N) is 1. The van der Waals surface area contributed by atoms with E-state index in [1.807, 2.05) is 6.92 Å². The molecule has 3 N–H and O–H groups in total. The van der Waals surface area contributed by atoms with Crippen molar-refractivity contribution in [3.8, 4) is 5.75 Å². The van der Waals surface area contributed by atoms with Crippen molar-refractivity contribution in [3.05, 3.63) is 34.0 Å². The number of carbonyl (C=O) groups is 2. The summed E-state index contributed by atoms with van der Waals surface area (Å²) in [4.78, 5) is 29.6. The summed E-state index contributed by atoms with van der Waals surface area (Å²) in [6.45, 7) is 1.75. The predicted octanol–water partition coefficient (Wildman–Crippen LogP) is 1.07. The van der Waals surface area contributed by atoms with Crippen molar-refractivity contribution in [2.75, 3.05) is 6.61 Å². The van der Waals surface area contributed by atoms with Gasteiger partial charge in [-0.2, -0.15) is 0 Å². The van der Waals surface area contributed by atoms with Crippen LogP contribution in [0.5, 0.6) is 5.75 Å². The molecule has 2 atom stereocenters.